The molecule has 4 rings (SSSR count). The van der Waals surface area contributed by atoms with E-state index in [1.54, 1.807) is 6.33 Å². The van der Waals surface area contributed by atoms with Crippen molar-refractivity contribution >= 4 is 32.6 Å². The first kappa shape index (κ1) is 9.53. The van der Waals surface area contributed by atoms with Crippen molar-refractivity contribution in [1.29, 1.82) is 0 Å². The third kappa shape index (κ3) is 1.12. The largest absolute Gasteiger partial charge is 0.356 e. The fourth-order valence-electron chi connectivity index (χ4n) is 2.54. The van der Waals surface area contributed by atoms with Gasteiger partial charge in [0.2, 0.25) is 0 Å². The summed E-state index contributed by atoms with van der Waals surface area (Å²) in [4.78, 5) is 13.1. The van der Waals surface area contributed by atoms with E-state index in [0.717, 1.165) is 32.6 Å². The molecule has 86 valence electrons. The van der Waals surface area contributed by atoms with Gasteiger partial charge in [0.05, 0.1) is 11.0 Å². The highest BCUT2D eigenvalue weighted by molar-refractivity contribution is 6.22. The molecule has 0 aliphatic heterocycles. The zero-order valence-corrected chi connectivity index (χ0v) is 9.83. The standard InChI is InChI=1S/C14H10N4/c1-18-6-11-12(7-18)14-10(5-15-8-17-14)9-3-2-4-16-13(9)11/h2-8H,1H3. The van der Waals surface area contributed by atoms with Crippen LogP contribution in [0.4, 0.5) is 0 Å². The topological polar surface area (TPSA) is 43.6 Å². The van der Waals surface area contributed by atoms with Gasteiger partial charge in [0.15, 0.2) is 0 Å². The van der Waals surface area contributed by atoms with E-state index in [9.17, 15) is 0 Å². The molecule has 0 aliphatic carbocycles. The smallest absolute Gasteiger partial charge is 0.116 e. The van der Waals surface area contributed by atoms with Gasteiger partial charge in [-0.15, -0.1) is 0 Å². The molecule has 4 heteroatoms. The molecule has 0 unspecified atom stereocenters. The van der Waals surface area contributed by atoms with Gasteiger partial charge in [0.25, 0.3) is 0 Å². The molecule has 0 saturated heterocycles. The number of pyridine rings is 1. The highest BCUT2D eigenvalue weighted by Crippen LogP contribution is 2.32. The molecule has 0 saturated carbocycles. The summed E-state index contributed by atoms with van der Waals surface area (Å²) >= 11 is 0. The third-order valence-electron chi connectivity index (χ3n) is 3.28. The highest BCUT2D eigenvalue weighted by Gasteiger charge is 2.11. The summed E-state index contributed by atoms with van der Waals surface area (Å²) in [6, 6.07) is 4.02. The molecule has 3 heterocycles. The Kier molecular flexibility index (Phi) is 1.73. The molecule has 4 aromatic rings. The van der Waals surface area contributed by atoms with Crippen LogP contribution in [0.5, 0.6) is 0 Å². The van der Waals surface area contributed by atoms with Gasteiger partial charge in [0, 0.05) is 53.4 Å². The van der Waals surface area contributed by atoms with Crippen LogP contribution < -0.4 is 0 Å². The first-order valence-corrected chi connectivity index (χ1v) is 5.76. The molecule has 0 atom stereocenters. The lowest BCUT2D eigenvalue weighted by atomic mass is 10.1. The normalized spacial score (nSPS) is 11.6. The molecule has 0 bridgehead atoms. The van der Waals surface area contributed by atoms with Gasteiger partial charge in [-0.05, 0) is 6.07 Å². The Balaban J connectivity index is 2.45. The molecular weight excluding hydrogens is 224 g/mol. The van der Waals surface area contributed by atoms with Crippen molar-refractivity contribution in [2.75, 3.05) is 0 Å². The molecule has 18 heavy (non-hydrogen) atoms. The number of aryl methyl sites for hydroxylation is 1. The second-order valence-electron chi connectivity index (χ2n) is 4.44. The summed E-state index contributed by atoms with van der Waals surface area (Å²) in [5.74, 6) is 0. The maximum Gasteiger partial charge on any atom is 0.116 e. The van der Waals surface area contributed by atoms with E-state index in [1.807, 2.05) is 30.1 Å². The maximum atomic E-state index is 4.50. The monoisotopic (exact) mass is 234 g/mol. The average molecular weight is 234 g/mol. The van der Waals surface area contributed by atoms with E-state index in [4.69, 9.17) is 0 Å². The average Bonchev–Trinajstić information content (AvgIpc) is 2.81. The summed E-state index contributed by atoms with van der Waals surface area (Å²) in [5, 5.41) is 4.42. The molecule has 3 aromatic heterocycles. The van der Waals surface area contributed by atoms with E-state index in [0.29, 0.717) is 0 Å². The van der Waals surface area contributed by atoms with E-state index >= 15 is 0 Å². The first-order valence-electron chi connectivity index (χ1n) is 5.76. The van der Waals surface area contributed by atoms with E-state index in [-0.39, 0.29) is 0 Å². The molecule has 0 spiro atoms. The minimum atomic E-state index is 0.987. The summed E-state index contributed by atoms with van der Waals surface area (Å²) in [6.45, 7) is 0. The predicted octanol–water partition coefficient (Wildman–Crippen LogP) is 2.67. The van der Waals surface area contributed by atoms with Crippen molar-refractivity contribution in [2.24, 2.45) is 7.05 Å². The molecule has 0 fully saturated rings. The second kappa shape index (κ2) is 3.26. The molecule has 0 amide bonds. The van der Waals surface area contributed by atoms with Crippen molar-refractivity contribution in [3.05, 3.63) is 43.2 Å². The van der Waals surface area contributed by atoms with E-state index < -0.39 is 0 Å². The quantitative estimate of drug-likeness (QED) is 0.439. The van der Waals surface area contributed by atoms with Crippen molar-refractivity contribution in [3.63, 3.8) is 0 Å². The molecule has 1 aromatic carbocycles. The highest BCUT2D eigenvalue weighted by atomic mass is 14.9. The van der Waals surface area contributed by atoms with Crippen LogP contribution in [0.1, 0.15) is 0 Å². The number of rotatable bonds is 0. The zero-order valence-electron chi connectivity index (χ0n) is 9.83. The Labute approximate surface area is 103 Å². The lowest BCUT2D eigenvalue weighted by molar-refractivity contribution is 0.934. The maximum absolute atomic E-state index is 4.50. The van der Waals surface area contributed by atoms with Crippen LogP contribution in [0.2, 0.25) is 0 Å². The number of hydrogen-bond acceptors (Lipinski definition) is 3. The van der Waals surface area contributed by atoms with Crippen molar-refractivity contribution in [1.82, 2.24) is 19.5 Å². The summed E-state index contributed by atoms with van der Waals surface area (Å²) in [7, 11) is 2.02. The molecule has 0 radical (unpaired) electrons. The van der Waals surface area contributed by atoms with Crippen LogP contribution >= 0.6 is 0 Å². The van der Waals surface area contributed by atoms with Crippen LogP contribution in [0.15, 0.2) is 43.2 Å². The molecule has 0 N–H and O–H groups in total. The lowest BCUT2D eigenvalue weighted by Gasteiger charge is -2.03. The SMILES string of the molecule is Cn1cc2c(c1)c1ncncc1c1cccnc12. The van der Waals surface area contributed by atoms with Gasteiger partial charge < -0.3 is 4.57 Å². The Bertz CT molecular complexity index is 819. The Morgan fingerprint density at radius 3 is 2.56 bits per heavy atom. The van der Waals surface area contributed by atoms with Crippen molar-refractivity contribution in [2.45, 2.75) is 0 Å². The second-order valence-corrected chi connectivity index (χ2v) is 4.44. The van der Waals surface area contributed by atoms with Crippen LogP contribution in [0.25, 0.3) is 32.6 Å². The van der Waals surface area contributed by atoms with Crippen molar-refractivity contribution in [3.8, 4) is 0 Å². The minimum Gasteiger partial charge on any atom is -0.356 e. The van der Waals surface area contributed by atoms with Crippen LogP contribution in [-0.4, -0.2) is 19.5 Å². The Morgan fingerprint density at radius 2 is 1.72 bits per heavy atom. The van der Waals surface area contributed by atoms with Gasteiger partial charge in [-0.3, -0.25) is 4.98 Å². The van der Waals surface area contributed by atoms with Crippen molar-refractivity contribution < 1.29 is 0 Å². The number of benzene rings is 1. The van der Waals surface area contributed by atoms with Crippen LogP contribution in [0.3, 0.4) is 0 Å². The molecule has 4 nitrogen and oxygen atoms in total. The first-order chi connectivity index (χ1) is 8.84. The summed E-state index contributed by atoms with van der Waals surface area (Å²) < 4.78 is 2.04. The zero-order chi connectivity index (χ0) is 12.1. The molecular formula is C14H10N4. The fraction of sp³-hybridized carbons (Fsp3) is 0.0714. The third-order valence-corrected chi connectivity index (χ3v) is 3.28. The lowest BCUT2D eigenvalue weighted by Crippen LogP contribution is -1.86. The Hall–Kier alpha value is -2.49. The summed E-state index contributed by atoms with van der Waals surface area (Å²) in [6.07, 6.45) is 9.45. The number of hydrogen-bond donors (Lipinski definition) is 0. The minimum absolute atomic E-state index is 0.987. The van der Waals surface area contributed by atoms with E-state index in [1.165, 1.54) is 0 Å². The van der Waals surface area contributed by atoms with Gasteiger partial charge in [-0.25, -0.2) is 9.97 Å². The fourth-order valence-corrected chi connectivity index (χ4v) is 2.54. The van der Waals surface area contributed by atoms with Gasteiger partial charge >= 0.3 is 0 Å². The van der Waals surface area contributed by atoms with Crippen LogP contribution in [-0.2, 0) is 7.05 Å². The predicted molar refractivity (Wildman–Crippen MR) is 71.3 cm³/mol. The van der Waals surface area contributed by atoms with E-state index in [2.05, 4.69) is 33.4 Å². The Morgan fingerprint density at radius 1 is 0.944 bits per heavy atom. The van der Waals surface area contributed by atoms with Gasteiger partial charge in [-0.2, -0.15) is 0 Å². The number of aromatic nitrogens is 4. The number of nitrogens with zero attached hydrogens (tertiary/aromatic N) is 4. The van der Waals surface area contributed by atoms with Crippen LogP contribution in [0, 0.1) is 0 Å². The van der Waals surface area contributed by atoms with Gasteiger partial charge in [0.1, 0.15) is 6.33 Å². The molecule has 0 aliphatic rings. The number of fused-ring (bicyclic) bond motifs is 6. The summed E-state index contributed by atoms with van der Waals surface area (Å²) in [5.41, 5.74) is 2.00. The van der Waals surface area contributed by atoms with Gasteiger partial charge in [-0.1, -0.05) is 6.07 Å².